The maximum absolute atomic E-state index is 5.66. The van der Waals surface area contributed by atoms with Crippen LogP contribution in [0.3, 0.4) is 0 Å². The summed E-state index contributed by atoms with van der Waals surface area (Å²) in [6.45, 7) is 3.37. The highest BCUT2D eigenvalue weighted by molar-refractivity contribution is 9.10. The van der Waals surface area contributed by atoms with Crippen molar-refractivity contribution in [2.75, 3.05) is 17.6 Å². The smallest absolute Gasteiger partial charge is 0.0486 e. The molecule has 1 aromatic carbocycles. The molecule has 2 nitrogen and oxygen atoms in total. The van der Waals surface area contributed by atoms with Crippen LogP contribution in [0.2, 0.25) is 0 Å². The number of nitrogens with two attached hydrogens (primary N) is 1. The van der Waals surface area contributed by atoms with Gasteiger partial charge in [0.1, 0.15) is 0 Å². The topological polar surface area (TPSA) is 38.0 Å². The van der Waals surface area contributed by atoms with Crippen LogP contribution < -0.4 is 11.1 Å². The third-order valence-electron chi connectivity index (χ3n) is 2.82. The fourth-order valence-corrected chi connectivity index (χ4v) is 2.14. The van der Waals surface area contributed by atoms with Crippen molar-refractivity contribution in [3.8, 4) is 0 Å². The monoisotopic (exact) mass is 254 g/mol. The summed E-state index contributed by atoms with van der Waals surface area (Å²) in [6.07, 6.45) is 1.36. The summed E-state index contributed by atoms with van der Waals surface area (Å²) in [7, 11) is 0. The Labute approximate surface area is 93.0 Å². The molecule has 2 rings (SSSR count). The average Bonchev–Trinajstić information content (AvgIpc) is 2.80. The summed E-state index contributed by atoms with van der Waals surface area (Å²) in [5, 5.41) is 3.43. The van der Waals surface area contributed by atoms with Gasteiger partial charge >= 0.3 is 0 Å². The first-order chi connectivity index (χ1) is 6.66. The highest BCUT2D eigenvalue weighted by atomic mass is 79.9. The van der Waals surface area contributed by atoms with Crippen LogP contribution in [-0.4, -0.2) is 6.54 Å². The first kappa shape index (κ1) is 9.84. The van der Waals surface area contributed by atoms with Crippen LogP contribution in [0.5, 0.6) is 0 Å². The van der Waals surface area contributed by atoms with Crippen molar-refractivity contribution in [3.05, 3.63) is 22.7 Å². The zero-order valence-electron chi connectivity index (χ0n) is 8.26. The van der Waals surface area contributed by atoms with Crippen molar-refractivity contribution in [1.82, 2.24) is 0 Å². The molecule has 0 saturated heterocycles. The number of hydrogen-bond donors (Lipinski definition) is 2. The third kappa shape index (κ3) is 2.21. The van der Waals surface area contributed by atoms with Crippen molar-refractivity contribution in [2.24, 2.45) is 11.8 Å². The normalized spacial score (nSPS) is 24.7. The van der Waals surface area contributed by atoms with Gasteiger partial charge in [-0.05, 0) is 52.4 Å². The molecule has 0 aromatic heterocycles. The lowest BCUT2D eigenvalue weighted by atomic mass is 10.2. The molecular weight excluding hydrogens is 240 g/mol. The Morgan fingerprint density at radius 1 is 1.57 bits per heavy atom. The first-order valence-corrected chi connectivity index (χ1v) is 5.75. The van der Waals surface area contributed by atoms with Crippen LogP contribution >= 0.6 is 15.9 Å². The van der Waals surface area contributed by atoms with E-state index in [0.717, 1.165) is 34.2 Å². The van der Waals surface area contributed by atoms with Gasteiger partial charge in [0.25, 0.3) is 0 Å². The van der Waals surface area contributed by atoms with E-state index in [4.69, 9.17) is 5.73 Å². The SMILES string of the molecule is CC1CC1CNc1ccc(N)cc1Br. The second-order valence-electron chi connectivity index (χ2n) is 4.09. The molecule has 3 N–H and O–H groups in total. The van der Waals surface area contributed by atoms with Gasteiger partial charge in [0.05, 0.1) is 0 Å². The maximum Gasteiger partial charge on any atom is 0.0486 e. The predicted molar refractivity (Wildman–Crippen MR) is 64.3 cm³/mol. The number of hydrogen-bond acceptors (Lipinski definition) is 2. The summed E-state index contributed by atoms with van der Waals surface area (Å²) in [4.78, 5) is 0. The van der Waals surface area contributed by atoms with Gasteiger partial charge in [-0.25, -0.2) is 0 Å². The fourth-order valence-electron chi connectivity index (χ4n) is 1.60. The van der Waals surface area contributed by atoms with E-state index in [-0.39, 0.29) is 0 Å². The Hall–Kier alpha value is -0.700. The highest BCUT2D eigenvalue weighted by Gasteiger charge is 2.31. The molecule has 1 aliphatic carbocycles. The van der Waals surface area contributed by atoms with E-state index in [2.05, 4.69) is 28.2 Å². The molecule has 14 heavy (non-hydrogen) atoms. The lowest BCUT2D eigenvalue weighted by molar-refractivity contribution is 0.787. The van der Waals surface area contributed by atoms with Gasteiger partial charge in [0, 0.05) is 22.4 Å². The Balaban J connectivity index is 1.95. The van der Waals surface area contributed by atoms with E-state index >= 15 is 0 Å². The quantitative estimate of drug-likeness (QED) is 0.814. The van der Waals surface area contributed by atoms with Gasteiger partial charge in [-0.15, -0.1) is 0 Å². The Morgan fingerprint density at radius 3 is 2.86 bits per heavy atom. The van der Waals surface area contributed by atoms with Crippen molar-refractivity contribution < 1.29 is 0 Å². The number of nitrogen functional groups attached to an aromatic ring is 1. The zero-order chi connectivity index (χ0) is 10.1. The summed E-state index contributed by atoms with van der Waals surface area (Å²) in [5.41, 5.74) is 7.59. The molecule has 0 spiro atoms. The van der Waals surface area contributed by atoms with Gasteiger partial charge in [-0.3, -0.25) is 0 Å². The molecule has 76 valence electrons. The molecule has 2 atom stereocenters. The van der Waals surface area contributed by atoms with Gasteiger partial charge in [-0.2, -0.15) is 0 Å². The summed E-state index contributed by atoms with van der Waals surface area (Å²) in [5.74, 6) is 1.76. The maximum atomic E-state index is 5.66. The second kappa shape index (κ2) is 3.81. The first-order valence-electron chi connectivity index (χ1n) is 4.95. The van der Waals surface area contributed by atoms with Crippen molar-refractivity contribution in [3.63, 3.8) is 0 Å². The third-order valence-corrected chi connectivity index (χ3v) is 3.48. The van der Waals surface area contributed by atoms with Crippen molar-refractivity contribution in [1.29, 1.82) is 0 Å². The lowest BCUT2D eigenvalue weighted by Gasteiger charge is -2.08. The molecule has 1 aromatic rings. The molecular formula is C11H15BrN2. The molecule has 0 radical (unpaired) electrons. The van der Waals surface area contributed by atoms with Crippen molar-refractivity contribution >= 4 is 27.3 Å². The summed E-state index contributed by atoms with van der Waals surface area (Å²) in [6, 6.07) is 5.87. The number of nitrogens with one attached hydrogen (secondary N) is 1. The predicted octanol–water partition coefficient (Wildman–Crippen LogP) is 3.10. The molecule has 0 amide bonds. The van der Waals surface area contributed by atoms with E-state index in [9.17, 15) is 0 Å². The van der Waals surface area contributed by atoms with E-state index in [1.165, 1.54) is 6.42 Å². The molecule has 0 bridgehead atoms. The molecule has 3 heteroatoms. The van der Waals surface area contributed by atoms with E-state index in [1.807, 2.05) is 18.2 Å². The van der Waals surface area contributed by atoms with Gasteiger partial charge < -0.3 is 11.1 Å². The Kier molecular flexibility index (Phi) is 2.68. The minimum atomic E-state index is 0.794. The standard InChI is InChI=1S/C11H15BrN2/c1-7-4-8(7)6-14-11-3-2-9(13)5-10(11)12/h2-3,5,7-8,14H,4,6,13H2,1H3. The van der Waals surface area contributed by atoms with E-state index in [0.29, 0.717) is 0 Å². The van der Waals surface area contributed by atoms with E-state index < -0.39 is 0 Å². The minimum absolute atomic E-state index is 0.794. The summed E-state index contributed by atoms with van der Waals surface area (Å²) >= 11 is 3.49. The van der Waals surface area contributed by atoms with Gasteiger partial charge in [0.2, 0.25) is 0 Å². The molecule has 1 fully saturated rings. The van der Waals surface area contributed by atoms with Crippen LogP contribution in [0.1, 0.15) is 13.3 Å². The number of rotatable bonds is 3. The Bertz CT molecular complexity index is 338. The van der Waals surface area contributed by atoms with Crippen molar-refractivity contribution in [2.45, 2.75) is 13.3 Å². The fraction of sp³-hybridized carbons (Fsp3) is 0.455. The minimum Gasteiger partial charge on any atom is -0.399 e. The molecule has 0 aliphatic heterocycles. The van der Waals surface area contributed by atoms with Gasteiger partial charge in [0.15, 0.2) is 0 Å². The van der Waals surface area contributed by atoms with E-state index in [1.54, 1.807) is 0 Å². The number of halogens is 1. The lowest BCUT2D eigenvalue weighted by Crippen LogP contribution is -2.05. The molecule has 2 unspecified atom stereocenters. The Morgan fingerprint density at radius 2 is 2.29 bits per heavy atom. The van der Waals surface area contributed by atoms with Gasteiger partial charge in [-0.1, -0.05) is 6.92 Å². The summed E-state index contributed by atoms with van der Waals surface area (Å²) < 4.78 is 1.05. The molecule has 1 saturated carbocycles. The van der Waals surface area contributed by atoms with Crippen LogP contribution in [-0.2, 0) is 0 Å². The number of anilines is 2. The molecule has 0 heterocycles. The van der Waals surface area contributed by atoms with Crippen LogP contribution in [0.25, 0.3) is 0 Å². The average molecular weight is 255 g/mol. The number of benzene rings is 1. The van der Waals surface area contributed by atoms with Crippen LogP contribution in [0.15, 0.2) is 22.7 Å². The molecule has 1 aliphatic rings. The van der Waals surface area contributed by atoms with Crippen LogP contribution in [0, 0.1) is 11.8 Å². The zero-order valence-corrected chi connectivity index (χ0v) is 9.84. The highest BCUT2D eigenvalue weighted by Crippen LogP contribution is 2.38. The second-order valence-corrected chi connectivity index (χ2v) is 4.95. The van der Waals surface area contributed by atoms with Crippen LogP contribution in [0.4, 0.5) is 11.4 Å². The largest absolute Gasteiger partial charge is 0.399 e.